The van der Waals surface area contributed by atoms with Crippen LogP contribution in [0.4, 0.5) is 0 Å². The van der Waals surface area contributed by atoms with Crippen molar-refractivity contribution < 1.29 is 9.90 Å². The van der Waals surface area contributed by atoms with Crippen molar-refractivity contribution in [3.05, 3.63) is 112 Å². The van der Waals surface area contributed by atoms with Crippen LogP contribution < -0.4 is 0 Å². The van der Waals surface area contributed by atoms with Crippen molar-refractivity contribution in [2.75, 3.05) is 0 Å². The van der Waals surface area contributed by atoms with E-state index in [0.29, 0.717) is 0 Å². The molecular formula is C46H46N2O2S4. The first-order valence-electron chi connectivity index (χ1n) is 19.2. The van der Waals surface area contributed by atoms with Gasteiger partial charge in [-0.15, -0.1) is 45.3 Å². The van der Waals surface area contributed by atoms with Crippen LogP contribution in [0.1, 0.15) is 88.1 Å². The van der Waals surface area contributed by atoms with Gasteiger partial charge in [-0.2, -0.15) is 0 Å². The molecule has 276 valence electrons. The molecule has 0 fully saturated rings. The van der Waals surface area contributed by atoms with E-state index in [-0.39, 0.29) is 5.70 Å². The Labute approximate surface area is 334 Å². The lowest BCUT2D eigenvalue weighted by Gasteiger charge is -2.03. The summed E-state index contributed by atoms with van der Waals surface area (Å²) in [4.78, 5) is 24.8. The van der Waals surface area contributed by atoms with Gasteiger partial charge in [0, 0.05) is 67.4 Å². The van der Waals surface area contributed by atoms with E-state index in [1.54, 1.807) is 17.4 Å². The number of para-hydroxylation sites is 1. The number of hydrogen-bond donors (Lipinski definition) is 1. The Hall–Kier alpha value is -4.26. The van der Waals surface area contributed by atoms with Crippen LogP contribution in [0, 0.1) is 6.57 Å². The molecule has 0 saturated carbocycles. The van der Waals surface area contributed by atoms with Crippen molar-refractivity contribution >= 4 is 79.2 Å². The topological polar surface area (TPSA) is 46.6 Å². The van der Waals surface area contributed by atoms with E-state index in [9.17, 15) is 9.90 Å². The highest BCUT2D eigenvalue weighted by Gasteiger charge is 2.20. The Morgan fingerprint density at radius 2 is 1.30 bits per heavy atom. The molecule has 5 aromatic heterocycles. The summed E-state index contributed by atoms with van der Waals surface area (Å²) in [5.74, 6) is -1.18. The Bertz CT molecular complexity index is 2480. The molecule has 4 nitrogen and oxygen atoms in total. The van der Waals surface area contributed by atoms with E-state index >= 15 is 0 Å². The first kappa shape index (κ1) is 38.0. The minimum Gasteiger partial charge on any atom is -0.486 e. The number of carbonyl (C=O) groups is 1. The largest absolute Gasteiger partial charge is 0.486 e. The van der Waals surface area contributed by atoms with Crippen LogP contribution in [0.3, 0.4) is 0 Å². The maximum Gasteiger partial charge on any atom is 0.333 e. The Kier molecular flexibility index (Phi) is 12.3. The first-order chi connectivity index (χ1) is 26.4. The maximum absolute atomic E-state index is 11.7. The standard InChI is InChI=1S/C46H46N2O2S4/c1-5-8-10-12-16-31-26-33(29-36(47-4)46(49)50)51-45(31)43-28-32(17-13-11-9-6-2)44(54-43)42-25-24-41(53-42)40-23-22-39(52-40)30-20-21-38-35(27-30)34-18-14-15-19-37(34)48(38)7-3/h14-15,18-29H,5-13,16-17H2,1-3H3,(H,49,50)/b36-29-. The number of unbranched alkanes of at least 4 members (excludes halogenated alkanes) is 6. The van der Waals surface area contributed by atoms with Gasteiger partial charge in [0.25, 0.3) is 5.70 Å². The summed E-state index contributed by atoms with van der Waals surface area (Å²) >= 11 is 7.24. The molecule has 8 heteroatoms. The zero-order valence-electron chi connectivity index (χ0n) is 31.2. The smallest absolute Gasteiger partial charge is 0.333 e. The molecule has 5 heterocycles. The molecule has 0 aliphatic rings. The lowest BCUT2D eigenvalue weighted by molar-refractivity contribution is -0.132. The van der Waals surface area contributed by atoms with Crippen LogP contribution in [0.25, 0.3) is 72.4 Å². The van der Waals surface area contributed by atoms with Gasteiger partial charge >= 0.3 is 5.97 Å². The van der Waals surface area contributed by atoms with Crippen LogP contribution in [0.5, 0.6) is 0 Å². The molecule has 0 spiro atoms. The third-order valence-electron chi connectivity index (χ3n) is 10.1. The highest BCUT2D eigenvalue weighted by Crippen LogP contribution is 2.48. The van der Waals surface area contributed by atoms with E-state index in [1.807, 2.05) is 34.0 Å². The number of carboxylic acids is 1. The lowest BCUT2D eigenvalue weighted by Crippen LogP contribution is -1.94. The quantitative estimate of drug-likeness (QED) is 0.0568. The lowest BCUT2D eigenvalue weighted by atomic mass is 10.0. The molecule has 0 atom stereocenters. The second-order valence-electron chi connectivity index (χ2n) is 13.9. The summed E-state index contributed by atoms with van der Waals surface area (Å²) < 4.78 is 2.41. The van der Waals surface area contributed by atoms with Gasteiger partial charge in [-0.1, -0.05) is 76.6 Å². The molecule has 1 N–H and O–H groups in total. The third-order valence-corrected chi connectivity index (χ3v) is 15.2. The number of aliphatic carboxylic acids is 1. The second-order valence-corrected chi connectivity index (χ2v) is 18.2. The van der Waals surface area contributed by atoms with Gasteiger partial charge in [0.1, 0.15) is 0 Å². The van der Waals surface area contributed by atoms with Gasteiger partial charge in [-0.05, 0) is 110 Å². The molecule has 7 rings (SSSR count). The molecule has 0 saturated heterocycles. The van der Waals surface area contributed by atoms with Crippen LogP contribution >= 0.6 is 45.3 Å². The average molecular weight is 787 g/mol. The molecule has 7 aromatic rings. The summed E-state index contributed by atoms with van der Waals surface area (Å²) in [7, 11) is 0. The number of benzene rings is 2. The summed E-state index contributed by atoms with van der Waals surface area (Å²) in [5, 5.41) is 12.2. The van der Waals surface area contributed by atoms with Gasteiger partial charge in [0.15, 0.2) is 0 Å². The van der Waals surface area contributed by atoms with E-state index in [4.69, 9.17) is 6.57 Å². The fourth-order valence-electron chi connectivity index (χ4n) is 7.38. The van der Waals surface area contributed by atoms with Crippen molar-refractivity contribution in [3.63, 3.8) is 0 Å². The minimum absolute atomic E-state index is 0.240. The summed E-state index contributed by atoms with van der Waals surface area (Å²) in [6.07, 6.45) is 13.1. The molecular weight excluding hydrogens is 741 g/mol. The number of aryl methyl sites for hydroxylation is 3. The van der Waals surface area contributed by atoms with E-state index in [2.05, 4.69) is 109 Å². The van der Waals surface area contributed by atoms with Gasteiger partial charge in [0.05, 0.1) is 6.57 Å². The number of hydrogen-bond acceptors (Lipinski definition) is 5. The van der Waals surface area contributed by atoms with Crippen LogP contribution in [-0.4, -0.2) is 15.6 Å². The zero-order valence-corrected chi connectivity index (χ0v) is 34.5. The summed E-state index contributed by atoms with van der Waals surface area (Å²) in [6.45, 7) is 15.0. The van der Waals surface area contributed by atoms with Crippen molar-refractivity contribution in [1.82, 2.24) is 4.57 Å². The predicted octanol–water partition coefficient (Wildman–Crippen LogP) is 15.3. The molecule has 54 heavy (non-hydrogen) atoms. The van der Waals surface area contributed by atoms with Crippen molar-refractivity contribution in [3.8, 4) is 39.7 Å². The number of rotatable bonds is 17. The van der Waals surface area contributed by atoms with E-state index < -0.39 is 5.97 Å². The van der Waals surface area contributed by atoms with Gasteiger partial charge in [-0.3, -0.25) is 4.79 Å². The predicted molar refractivity (Wildman–Crippen MR) is 236 cm³/mol. The molecule has 2 aromatic carbocycles. The second kappa shape index (κ2) is 17.5. The van der Waals surface area contributed by atoms with Gasteiger partial charge in [-0.25, -0.2) is 4.85 Å². The highest BCUT2D eigenvalue weighted by molar-refractivity contribution is 7.29. The molecule has 0 aliphatic heterocycles. The fourth-order valence-corrected chi connectivity index (χ4v) is 12.1. The Morgan fingerprint density at radius 3 is 1.98 bits per heavy atom. The Morgan fingerprint density at radius 1 is 0.667 bits per heavy atom. The third kappa shape index (κ3) is 8.06. The fraction of sp³-hybridized carbons (Fsp3) is 0.304. The SMILES string of the molecule is [C-]#[N+]/C(=C\c1cc(CCCCCC)c(-c2cc(CCCCCC)c(-c3ccc(-c4ccc(-c5ccc6c(c5)c5ccccc5n6CC)s4)s3)s2)s1)C(=O)O. The van der Waals surface area contributed by atoms with Crippen LogP contribution in [0.2, 0.25) is 0 Å². The zero-order chi connectivity index (χ0) is 37.6. The monoisotopic (exact) mass is 786 g/mol. The number of fused-ring (bicyclic) bond motifs is 3. The van der Waals surface area contributed by atoms with E-state index in [0.717, 1.165) is 30.7 Å². The van der Waals surface area contributed by atoms with Crippen molar-refractivity contribution in [2.24, 2.45) is 0 Å². The van der Waals surface area contributed by atoms with Gasteiger partial charge in [0.2, 0.25) is 0 Å². The van der Waals surface area contributed by atoms with Crippen molar-refractivity contribution in [1.29, 1.82) is 0 Å². The van der Waals surface area contributed by atoms with Crippen molar-refractivity contribution in [2.45, 2.75) is 91.5 Å². The highest BCUT2D eigenvalue weighted by atomic mass is 32.1. The molecule has 0 radical (unpaired) electrons. The number of carboxylic acid groups (broad SMARTS) is 1. The number of thiophene rings is 4. The Balaban J connectivity index is 1.21. The summed E-state index contributed by atoms with van der Waals surface area (Å²) in [5.41, 5.74) is 6.26. The van der Waals surface area contributed by atoms with Crippen LogP contribution in [0.15, 0.2) is 84.6 Å². The normalized spacial score (nSPS) is 11.9. The summed E-state index contributed by atoms with van der Waals surface area (Å²) in [6, 6.07) is 29.3. The number of nitrogens with zero attached hydrogens (tertiary/aromatic N) is 2. The van der Waals surface area contributed by atoms with Crippen LogP contribution in [-0.2, 0) is 24.2 Å². The minimum atomic E-state index is -1.18. The molecule has 0 unspecified atom stereocenters. The first-order valence-corrected chi connectivity index (χ1v) is 22.5. The molecule has 0 bridgehead atoms. The average Bonchev–Trinajstić information content (AvgIpc) is 4.03. The van der Waals surface area contributed by atoms with E-state index in [1.165, 1.54) is 118 Å². The van der Waals surface area contributed by atoms with Gasteiger partial charge < -0.3 is 9.67 Å². The number of aromatic nitrogens is 1. The maximum atomic E-state index is 11.7. The molecule has 0 amide bonds. The molecule has 0 aliphatic carbocycles.